The fourth-order valence-corrected chi connectivity index (χ4v) is 6.92. The molecule has 0 saturated heterocycles. The zero-order valence-corrected chi connectivity index (χ0v) is 20.6. The number of rotatable bonds is 3. The fraction of sp³-hybridized carbons (Fsp3) is 0.238. The zero-order chi connectivity index (χ0) is 22.2. The molecule has 2 aliphatic rings. The molecule has 4 nitrogen and oxygen atoms in total. The molecule has 10 heteroatoms. The van der Waals surface area contributed by atoms with Crippen LogP contribution in [-0.2, 0) is 10.0 Å². The van der Waals surface area contributed by atoms with E-state index < -0.39 is 22.7 Å². The summed E-state index contributed by atoms with van der Waals surface area (Å²) in [7, 11) is -3.70. The van der Waals surface area contributed by atoms with E-state index in [2.05, 4.69) is 31.9 Å². The first-order valence-corrected chi connectivity index (χ1v) is 13.1. The minimum Gasteiger partial charge on any atom is -0.433 e. The second kappa shape index (κ2) is 7.30. The van der Waals surface area contributed by atoms with Crippen LogP contribution in [0.4, 0.5) is 14.5 Å². The summed E-state index contributed by atoms with van der Waals surface area (Å²) in [6, 6.07) is 10.4. The molecule has 0 radical (unpaired) electrons. The smallest absolute Gasteiger partial charge is 0.387 e. The maximum Gasteiger partial charge on any atom is 0.387 e. The minimum absolute atomic E-state index is 0.0358. The molecule has 2 atom stereocenters. The molecule has 3 aromatic carbocycles. The van der Waals surface area contributed by atoms with Gasteiger partial charge in [-0.1, -0.05) is 17.7 Å². The van der Waals surface area contributed by atoms with Gasteiger partial charge in [-0.2, -0.15) is 8.78 Å². The summed E-state index contributed by atoms with van der Waals surface area (Å²) in [5.74, 6) is -0.322. The van der Waals surface area contributed by atoms with Crippen LogP contribution in [0.3, 0.4) is 0 Å². The number of hydrogen-bond acceptors (Lipinski definition) is 3. The molecular formula is C21H14Br2ClF2NO3S. The largest absolute Gasteiger partial charge is 0.433 e. The van der Waals surface area contributed by atoms with E-state index in [-0.39, 0.29) is 11.7 Å². The Balaban J connectivity index is 1.84. The van der Waals surface area contributed by atoms with Gasteiger partial charge in [0.05, 0.1) is 27.5 Å². The molecule has 1 heterocycles. The van der Waals surface area contributed by atoms with Crippen LogP contribution in [-0.4, -0.2) is 21.3 Å². The van der Waals surface area contributed by atoms with Gasteiger partial charge in [0.1, 0.15) is 5.75 Å². The van der Waals surface area contributed by atoms with E-state index in [1.165, 1.54) is 10.4 Å². The van der Waals surface area contributed by atoms with E-state index in [0.29, 0.717) is 27.2 Å². The van der Waals surface area contributed by atoms with Crippen LogP contribution in [0.1, 0.15) is 35.1 Å². The van der Waals surface area contributed by atoms with Gasteiger partial charge < -0.3 is 4.74 Å². The summed E-state index contributed by atoms with van der Waals surface area (Å²) >= 11 is 13.0. The molecule has 0 aromatic heterocycles. The molecule has 0 N–H and O–H groups in total. The Kier molecular flexibility index (Phi) is 5.04. The predicted molar refractivity (Wildman–Crippen MR) is 124 cm³/mol. The van der Waals surface area contributed by atoms with Crippen molar-refractivity contribution in [1.29, 1.82) is 0 Å². The third-order valence-electron chi connectivity index (χ3n) is 5.83. The molecule has 0 fully saturated rings. The van der Waals surface area contributed by atoms with Crippen molar-refractivity contribution in [2.75, 3.05) is 10.6 Å². The first-order chi connectivity index (χ1) is 14.6. The Hall–Kier alpha value is -1.42. The van der Waals surface area contributed by atoms with Crippen molar-refractivity contribution in [3.05, 3.63) is 67.1 Å². The van der Waals surface area contributed by atoms with Crippen molar-refractivity contribution in [2.24, 2.45) is 0 Å². The first-order valence-electron chi connectivity index (χ1n) is 9.25. The molecule has 0 saturated carbocycles. The van der Waals surface area contributed by atoms with E-state index in [1.807, 2.05) is 24.3 Å². The number of sulfonamides is 1. The maximum absolute atomic E-state index is 13.2. The van der Waals surface area contributed by atoms with E-state index in [0.717, 1.165) is 32.6 Å². The van der Waals surface area contributed by atoms with E-state index in [9.17, 15) is 17.2 Å². The van der Waals surface area contributed by atoms with E-state index in [4.69, 9.17) is 16.3 Å². The topological polar surface area (TPSA) is 46.6 Å². The van der Waals surface area contributed by atoms with Crippen LogP contribution >= 0.6 is 43.5 Å². The number of hydrogen-bond donors (Lipinski definition) is 0. The second-order valence-corrected chi connectivity index (χ2v) is 11.6. The van der Waals surface area contributed by atoms with Crippen molar-refractivity contribution in [1.82, 2.24) is 0 Å². The summed E-state index contributed by atoms with van der Waals surface area (Å²) in [6.07, 6.45) is 1.57. The predicted octanol–water partition coefficient (Wildman–Crippen LogP) is 6.98. The highest BCUT2D eigenvalue weighted by Gasteiger charge is 2.47. The monoisotopic (exact) mass is 591 g/mol. The van der Waals surface area contributed by atoms with Gasteiger partial charge in [-0.3, -0.25) is 4.31 Å². The van der Waals surface area contributed by atoms with Crippen molar-refractivity contribution in [3.8, 4) is 5.75 Å². The average Bonchev–Trinajstić information content (AvgIpc) is 2.95. The third-order valence-corrected chi connectivity index (χ3v) is 8.82. The Morgan fingerprint density at radius 3 is 2.45 bits per heavy atom. The molecule has 1 unspecified atom stereocenters. The van der Waals surface area contributed by atoms with Crippen LogP contribution < -0.4 is 9.04 Å². The number of ether oxygens (including phenoxy) is 1. The normalized spacial score (nSPS) is 19.6. The van der Waals surface area contributed by atoms with Gasteiger partial charge in [0.25, 0.3) is 0 Å². The molecule has 2 bridgehead atoms. The molecule has 1 aliphatic heterocycles. The van der Waals surface area contributed by atoms with E-state index in [1.54, 1.807) is 6.07 Å². The lowest BCUT2D eigenvalue weighted by Gasteiger charge is -2.36. The lowest BCUT2D eigenvalue weighted by Crippen LogP contribution is -2.36. The first kappa shape index (κ1) is 21.4. The Morgan fingerprint density at radius 1 is 1.10 bits per heavy atom. The van der Waals surface area contributed by atoms with Crippen molar-refractivity contribution in [2.45, 2.75) is 25.0 Å². The zero-order valence-electron chi connectivity index (χ0n) is 15.9. The highest BCUT2D eigenvalue weighted by atomic mass is 79.9. The van der Waals surface area contributed by atoms with Gasteiger partial charge in [-0.25, -0.2) is 8.42 Å². The van der Waals surface area contributed by atoms with Gasteiger partial charge in [-0.15, -0.1) is 0 Å². The van der Waals surface area contributed by atoms with Gasteiger partial charge in [-0.05, 0) is 90.5 Å². The summed E-state index contributed by atoms with van der Waals surface area (Å²) < 4.78 is 59.4. The quantitative estimate of drug-likeness (QED) is 0.329. The van der Waals surface area contributed by atoms with Gasteiger partial charge >= 0.3 is 6.61 Å². The van der Waals surface area contributed by atoms with Crippen LogP contribution in [0.5, 0.6) is 5.75 Å². The molecule has 31 heavy (non-hydrogen) atoms. The minimum atomic E-state index is -3.70. The Bertz CT molecular complexity index is 1370. The highest BCUT2D eigenvalue weighted by molar-refractivity contribution is 9.10. The van der Waals surface area contributed by atoms with Crippen molar-refractivity contribution in [3.63, 3.8) is 0 Å². The van der Waals surface area contributed by atoms with Gasteiger partial charge in [0.2, 0.25) is 10.0 Å². The second-order valence-electron chi connectivity index (χ2n) is 7.65. The third kappa shape index (κ3) is 3.35. The number of nitrogens with zero attached hydrogens (tertiary/aromatic N) is 1. The standard InChI is InChI=1S/C21H14Br2ClF2NO3S/c1-31(28,29)27-17-3-2-14(22)20(30-21(25)26)19(17)13-8-18(27)12-5-9-6-15(23)16(24)7-10(9)4-11(12)13/h2-7,13,18,21H,8H2,1H3/t13?,18-/m0/s1. The fourth-order valence-electron chi connectivity index (χ4n) is 4.77. The van der Waals surface area contributed by atoms with Crippen LogP contribution in [0.2, 0.25) is 5.02 Å². The van der Waals surface area contributed by atoms with Crippen LogP contribution in [0, 0.1) is 0 Å². The van der Waals surface area contributed by atoms with Crippen LogP contribution in [0.15, 0.2) is 45.3 Å². The van der Waals surface area contributed by atoms with E-state index >= 15 is 0 Å². The van der Waals surface area contributed by atoms with Crippen LogP contribution in [0.25, 0.3) is 10.8 Å². The Labute approximate surface area is 199 Å². The van der Waals surface area contributed by atoms with Gasteiger partial charge in [0, 0.05) is 16.0 Å². The molecule has 1 aliphatic carbocycles. The highest BCUT2D eigenvalue weighted by Crippen LogP contribution is 2.59. The number of anilines is 1. The SMILES string of the molecule is CS(=O)(=O)N1c2ccc(Br)c(OC(F)F)c2C2C[C@H]1c1cc3cc(Br)c(Cl)cc3cc12. The number of benzene rings is 3. The maximum atomic E-state index is 13.2. The summed E-state index contributed by atoms with van der Waals surface area (Å²) in [5.41, 5.74) is 2.55. The van der Waals surface area contributed by atoms with Gasteiger partial charge in [0.15, 0.2) is 0 Å². The average molecular weight is 594 g/mol. The summed E-state index contributed by atoms with van der Waals surface area (Å²) in [6.45, 7) is -3.04. The molecular weight excluding hydrogens is 580 g/mol. The van der Waals surface area contributed by atoms with Crippen molar-refractivity contribution < 1.29 is 21.9 Å². The number of halogens is 5. The molecule has 0 amide bonds. The molecule has 162 valence electrons. The van der Waals surface area contributed by atoms with Crippen molar-refractivity contribution >= 4 is 69.9 Å². The molecule has 5 rings (SSSR count). The molecule has 0 spiro atoms. The number of alkyl halides is 2. The molecule has 3 aromatic rings. The lowest BCUT2D eigenvalue weighted by atomic mass is 9.88. The summed E-state index contributed by atoms with van der Waals surface area (Å²) in [4.78, 5) is 0. The summed E-state index contributed by atoms with van der Waals surface area (Å²) in [5, 5.41) is 2.35. The lowest BCUT2D eigenvalue weighted by molar-refractivity contribution is -0.0510. The Morgan fingerprint density at radius 2 is 1.77 bits per heavy atom. The number of fused-ring (bicyclic) bond motifs is 8.